The lowest BCUT2D eigenvalue weighted by Gasteiger charge is -2.37. The summed E-state index contributed by atoms with van der Waals surface area (Å²) in [5.41, 5.74) is -1.22. The summed E-state index contributed by atoms with van der Waals surface area (Å²) in [5, 5.41) is 8.89. The second kappa shape index (κ2) is 7.51. The quantitative estimate of drug-likeness (QED) is 0.705. The number of halogens is 1. The maximum atomic E-state index is 13.1. The Balaban J connectivity index is 1.72. The van der Waals surface area contributed by atoms with Crippen LogP contribution < -0.4 is 0 Å². The summed E-state index contributed by atoms with van der Waals surface area (Å²) in [7, 11) is -3.70. The number of sulfone groups is 1. The molecule has 0 radical (unpaired) electrons. The molecule has 0 aromatic heterocycles. The topological polar surface area (TPSA) is 98.5 Å². The van der Waals surface area contributed by atoms with Gasteiger partial charge in [-0.3, -0.25) is 9.59 Å². The Kier molecular flexibility index (Phi) is 5.44. The van der Waals surface area contributed by atoms with Crippen LogP contribution in [0.3, 0.4) is 0 Å². The fourth-order valence-corrected chi connectivity index (χ4v) is 5.55. The highest BCUT2D eigenvalue weighted by Crippen LogP contribution is 2.35. The highest BCUT2D eigenvalue weighted by molar-refractivity contribution is 7.92. The van der Waals surface area contributed by atoms with Crippen LogP contribution in [0.25, 0.3) is 0 Å². The Hall–Kier alpha value is -2.47. The summed E-state index contributed by atoms with van der Waals surface area (Å²) in [6.45, 7) is 2.38. The fraction of sp³-hybridized carbons (Fsp3) is 0.526. The number of likely N-dealkylation sites (tertiary alicyclic amines) is 2. The van der Waals surface area contributed by atoms with Crippen molar-refractivity contribution in [2.75, 3.05) is 26.2 Å². The second-order valence-corrected chi connectivity index (χ2v) is 9.59. The van der Waals surface area contributed by atoms with Crippen molar-refractivity contribution in [2.45, 2.75) is 36.3 Å². The van der Waals surface area contributed by atoms with E-state index in [0.717, 1.165) is 12.1 Å². The van der Waals surface area contributed by atoms with Gasteiger partial charge in [0.15, 0.2) is 9.84 Å². The zero-order valence-electron chi connectivity index (χ0n) is 15.6. The normalized spacial score (nSPS) is 22.0. The fourth-order valence-electron chi connectivity index (χ4n) is 3.86. The van der Waals surface area contributed by atoms with E-state index in [2.05, 4.69) is 6.07 Å². The average molecular weight is 407 g/mol. The van der Waals surface area contributed by atoms with Gasteiger partial charge in [-0.25, -0.2) is 12.8 Å². The summed E-state index contributed by atoms with van der Waals surface area (Å²) < 4.78 is 38.7. The van der Waals surface area contributed by atoms with Crippen LogP contribution in [-0.4, -0.2) is 61.5 Å². The standard InChI is InChI=1S/C19H22FN3O4S/c1-14(24)22-10-7-19(13-21,8-11-22)18(25)23-9-6-17(12-23)28(26,27)16-4-2-15(20)3-5-16/h2-5,17H,6-12H2,1H3. The Morgan fingerprint density at radius 3 is 2.29 bits per heavy atom. The Morgan fingerprint density at radius 1 is 1.14 bits per heavy atom. The van der Waals surface area contributed by atoms with Gasteiger partial charge in [0.25, 0.3) is 0 Å². The molecule has 1 atom stereocenters. The number of benzene rings is 1. The lowest BCUT2D eigenvalue weighted by molar-refractivity contribution is -0.143. The first kappa shape index (κ1) is 20.3. The molecule has 0 aliphatic carbocycles. The van der Waals surface area contributed by atoms with E-state index in [4.69, 9.17) is 0 Å². The first-order valence-corrected chi connectivity index (χ1v) is 10.7. The smallest absolute Gasteiger partial charge is 0.243 e. The third-order valence-corrected chi connectivity index (χ3v) is 7.89. The zero-order chi connectivity index (χ0) is 20.5. The molecule has 1 aromatic carbocycles. The van der Waals surface area contributed by atoms with Crippen molar-refractivity contribution in [3.05, 3.63) is 30.1 Å². The molecule has 2 saturated heterocycles. The van der Waals surface area contributed by atoms with E-state index in [1.54, 1.807) is 4.90 Å². The van der Waals surface area contributed by atoms with Gasteiger partial charge in [0.05, 0.1) is 16.2 Å². The first-order chi connectivity index (χ1) is 13.2. The minimum Gasteiger partial charge on any atom is -0.343 e. The number of nitriles is 1. The largest absolute Gasteiger partial charge is 0.343 e. The van der Waals surface area contributed by atoms with E-state index >= 15 is 0 Å². The molecule has 1 unspecified atom stereocenters. The molecule has 0 saturated carbocycles. The van der Waals surface area contributed by atoms with Crippen molar-refractivity contribution in [1.29, 1.82) is 5.26 Å². The van der Waals surface area contributed by atoms with Gasteiger partial charge >= 0.3 is 0 Å². The van der Waals surface area contributed by atoms with Crippen LogP contribution >= 0.6 is 0 Å². The Morgan fingerprint density at radius 2 is 1.75 bits per heavy atom. The Labute approximate surface area is 163 Å². The molecule has 3 rings (SSSR count). The third kappa shape index (κ3) is 3.61. The second-order valence-electron chi connectivity index (χ2n) is 7.36. The van der Waals surface area contributed by atoms with Crippen LogP contribution in [0.5, 0.6) is 0 Å². The van der Waals surface area contributed by atoms with Crippen molar-refractivity contribution in [3.63, 3.8) is 0 Å². The molecule has 0 spiro atoms. The van der Waals surface area contributed by atoms with E-state index in [9.17, 15) is 27.7 Å². The van der Waals surface area contributed by atoms with Gasteiger partial charge in [-0.05, 0) is 43.5 Å². The van der Waals surface area contributed by atoms with Crippen LogP contribution in [0.1, 0.15) is 26.2 Å². The third-order valence-electron chi connectivity index (χ3n) is 5.70. The summed E-state index contributed by atoms with van der Waals surface area (Å²) >= 11 is 0. The van der Waals surface area contributed by atoms with Crippen molar-refractivity contribution >= 4 is 21.7 Å². The predicted octanol–water partition coefficient (Wildman–Crippen LogP) is 1.35. The lowest BCUT2D eigenvalue weighted by Crippen LogP contribution is -2.50. The predicted molar refractivity (Wildman–Crippen MR) is 98.1 cm³/mol. The number of piperidine rings is 1. The van der Waals surface area contributed by atoms with Gasteiger partial charge in [0.2, 0.25) is 11.8 Å². The Bertz CT molecular complexity index is 915. The molecule has 1 aromatic rings. The summed E-state index contributed by atoms with van der Waals surface area (Å²) in [6.07, 6.45) is 0.758. The maximum absolute atomic E-state index is 13.1. The first-order valence-electron chi connectivity index (χ1n) is 9.15. The highest BCUT2D eigenvalue weighted by atomic mass is 32.2. The number of carbonyl (C=O) groups is 2. The summed E-state index contributed by atoms with van der Waals surface area (Å²) in [5.74, 6) is -0.976. The molecule has 9 heteroatoms. The highest BCUT2D eigenvalue weighted by Gasteiger charge is 2.47. The molecule has 150 valence electrons. The monoisotopic (exact) mass is 407 g/mol. The minimum atomic E-state index is -3.70. The number of carbonyl (C=O) groups excluding carboxylic acids is 2. The molecule has 0 N–H and O–H groups in total. The number of amides is 2. The van der Waals surface area contributed by atoms with E-state index in [-0.39, 0.29) is 49.1 Å². The minimum absolute atomic E-state index is 0.0123. The van der Waals surface area contributed by atoms with E-state index in [1.165, 1.54) is 24.0 Å². The summed E-state index contributed by atoms with van der Waals surface area (Å²) in [4.78, 5) is 27.6. The molecular formula is C19H22FN3O4S. The molecule has 7 nitrogen and oxygen atoms in total. The molecule has 2 aliphatic rings. The van der Waals surface area contributed by atoms with Gasteiger partial charge in [0.1, 0.15) is 11.2 Å². The molecule has 2 amide bonds. The van der Waals surface area contributed by atoms with Crippen LogP contribution in [0.2, 0.25) is 0 Å². The number of hydrogen-bond acceptors (Lipinski definition) is 5. The molecule has 28 heavy (non-hydrogen) atoms. The van der Waals surface area contributed by atoms with Crippen molar-refractivity contribution < 1.29 is 22.4 Å². The average Bonchev–Trinajstić information content (AvgIpc) is 3.18. The number of nitrogens with zero attached hydrogens (tertiary/aromatic N) is 3. The molecule has 2 aliphatic heterocycles. The van der Waals surface area contributed by atoms with Gasteiger partial charge in [-0.15, -0.1) is 0 Å². The molecule has 0 bridgehead atoms. The van der Waals surface area contributed by atoms with Crippen molar-refractivity contribution in [3.8, 4) is 6.07 Å². The van der Waals surface area contributed by atoms with E-state index < -0.39 is 26.3 Å². The van der Waals surface area contributed by atoms with E-state index in [1.807, 2.05) is 0 Å². The van der Waals surface area contributed by atoms with Gasteiger partial charge in [0, 0.05) is 33.1 Å². The van der Waals surface area contributed by atoms with Crippen LogP contribution in [0.15, 0.2) is 29.2 Å². The van der Waals surface area contributed by atoms with Gasteiger partial charge in [-0.2, -0.15) is 5.26 Å². The van der Waals surface area contributed by atoms with Gasteiger partial charge < -0.3 is 9.80 Å². The van der Waals surface area contributed by atoms with Crippen molar-refractivity contribution in [2.24, 2.45) is 5.41 Å². The van der Waals surface area contributed by atoms with Gasteiger partial charge in [-0.1, -0.05) is 0 Å². The lowest BCUT2D eigenvalue weighted by atomic mass is 9.78. The SMILES string of the molecule is CC(=O)N1CCC(C#N)(C(=O)N2CCC(S(=O)(=O)c3ccc(F)cc3)C2)CC1. The number of rotatable bonds is 3. The van der Waals surface area contributed by atoms with Crippen molar-refractivity contribution in [1.82, 2.24) is 9.80 Å². The van der Waals surface area contributed by atoms with E-state index in [0.29, 0.717) is 13.1 Å². The molecule has 2 heterocycles. The van der Waals surface area contributed by atoms with Crippen LogP contribution in [0, 0.1) is 22.6 Å². The summed E-state index contributed by atoms with van der Waals surface area (Å²) in [6, 6.07) is 6.77. The van der Waals surface area contributed by atoms with Crippen LogP contribution in [0.4, 0.5) is 4.39 Å². The van der Waals surface area contributed by atoms with Crippen LogP contribution in [-0.2, 0) is 19.4 Å². The maximum Gasteiger partial charge on any atom is 0.243 e. The molecule has 2 fully saturated rings. The molecular weight excluding hydrogens is 385 g/mol. The zero-order valence-corrected chi connectivity index (χ0v) is 16.4. The number of hydrogen-bond donors (Lipinski definition) is 0.